The van der Waals surface area contributed by atoms with Gasteiger partial charge in [0.1, 0.15) is 10.6 Å². The fourth-order valence-electron chi connectivity index (χ4n) is 2.76. The predicted molar refractivity (Wildman–Crippen MR) is 113 cm³/mol. The molecule has 3 rings (SSSR count). The highest BCUT2D eigenvalue weighted by Gasteiger charge is 2.16. The van der Waals surface area contributed by atoms with E-state index in [0.29, 0.717) is 12.1 Å². The summed E-state index contributed by atoms with van der Waals surface area (Å²) in [6.07, 6.45) is 0.845. The molecule has 0 aliphatic rings. The van der Waals surface area contributed by atoms with E-state index in [1.54, 1.807) is 24.3 Å². The Labute approximate surface area is 171 Å². The second-order valence-corrected chi connectivity index (χ2v) is 8.26. The maximum absolute atomic E-state index is 12.3. The second kappa shape index (κ2) is 9.49. The maximum atomic E-state index is 12.3. The lowest BCUT2D eigenvalue weighted by molar-refractivity contribution is 0.0991. The number of hydrogen-bond donors (Lipinski definition) is 1. The van der Waals surface area contributed by atoms with Gasteiger partial charge in [0.05, 0.1) is 6.54 Å². The number of carbonyl (C=O) groups is 1. The Morgan fingerprint density at radius 2 is 1.55 bits per heavy atom. The first-order valence-corrected chi connectivity index (χ1v) is 10.7. The van der Waals surface area contributed by atoms with Gasteiger partial charge in [0.2, 0.25) is 0 Å². The molecule has 0 heterocycles. The van der Waals surface area contributed by atoms with Crippen LogP contribution in [0.4, 0.5) is 0 Å². The molecule has 150 valence electrons. The van der Waals surface area contributed by atoms with Crippen molar-refractivity contribution in [3.63, 3.8) is 0 Å². The SMILES string of the molecule is Cc1ccc(S(=O)(=O)Oc2ccc(C(=O)CNCCc3ccccc3)cc2)cc1. The normalized spacial score (nSPS) is 11.2. The number of carbonyl (C=O) groups excluding carboxylic acids is 1. The van der Waals surface area contributed by atoms with E-state index in [4.69, 9.17) is 4.18 Å². The van der Waals surface area contributed by atoms with E-state index >= 15 is 0 Å². The van der Waals surface area contributed by atoms with Crippen LogP contribution in [0.25, 0.3) is 0 Å². The fraction of sp³-hybridized carbons (Fsp3) is 0.174. The first kappa shape index (κ1) is 20.8. The molecule has 29 heavy (non-hydrogen) atoms. The van der Waals surface area contributed by atoms with Gasteiger partial charge >= 0.3 is 10.1 Å². The van der Waals surface area contributed by atoms with E-state index in [2.05, 4.69) is 5.32 Å². The molecular weight excluding hydrogens is 386 g/mol. The van der Waals surface area contributed by atoms with E-state index in [1.165, 1.54) is 29.8 Å². The maximum Gasteiger partial charge on any atom is 0.339 e. The van der Waals surface area contributed by atoms with Gasteiger partial charge < -0.3 is 9.50 Å². The van der Waals surface area contributed by atoms with Crippen molar-refractivity contribution in [3.8, 4) is 5.75 Å². The first-order valence-electron chi connectivity index (χ1n) is 9.33. The third-order valence-corrected chi connectivity index (χ3v) is 5.67. The second-order valence-electron chi connectivity index (χ2n) is 6.71. The van der Waals surface area contributed by atoms with E-state index < -0.39 is 10.1 Å². The molecule has 0 atom stereocenters. The minimum Gasteiger partial charge on any atom is -0.379 e. The summed E-state index contributed by atoms with van der Waals surface area (Å²) < 4.78 is 29.8. The Kier molecular flexibility index (Phi) is 6.80. The summed E-state index contributed by atoms with van der Waals surface area (Å²) in [7, 11) is -3.90. The van der Waals surface area contributed by atoms with Gasteiger partial charge in [0.25, 0.3) is 0 Å². The molecule has 6 heteroatoms. The third kappa shape index (κ3) is 6.01. The van der Waals surface area contributed by atoms with Crippen LogP contribution < -0.4 is 9.50 Å². The van der Waals surface area contributed by atoms with Gasteiger partial charge in [-0.3, -0.25) is 4.79 Å². The largest absolute Gasteiger partial charge is 0.379 e. The standard InChI is InChI=1S/C23H23NO4S/c1-18-7-13-22(14-8-18)29(26,27)28-21-11-9-20(10-12-21)23(25)17-24-16-15-19-5-3-2-4-6-19/h2-14,24H,15-17H2,1H3. The summed E-state index contributed by atoms with van der Waals surface area (Å²) >= 11 is 0. The van der Waals surface area contributed by atoms with Gasteiger partial charge in [-0.25, -0.2) is 0 Å². The van der Waals surface area contributed by atoms with Crippen LogP contribution >= 0.6 is 0 Å². The molecule has 0 aromatic heterocycles. The molecule has 0 saturated carbocycles. The molecule has 3 aromatic rings. The quantitative estimate of drug-likeness (QED) is 0.331. The molecule has 0 amide bonds. The van der Waals surface area contributed by atoms with Crippen molar-refractivity contribution in [2.24, 2.45) is 0 Å². The van der Waals surface area contributed by atoms with Crippen LogP contribution in [0.5, 0.6) is 5.75 Å². The lowest BCUT2D eigenvalue weighted by Crippen LogP contribution is -2.25. The summed E-state index contributed by atoms with van der Waals surface area (Å²) in [6, 6.07) is 22.6. The lowest BCUT2D eigenvalue weighted by atomic mass is 10.1. The van der Waals surface area contributed by atoms with E-state index in [9.17, 15) is 13.2 Å². The van der Waals surface area contributed by atoms with Crippen molar-refractivity contribution in [3.05, 3.63) is 95.6 Å². The zero-order valence-electron chi connectivity index (χ0n) is 16.2. The van der Waals surface area contributed by atoms with Crippen LogP contribution in [-0.2, 0) is 16.5 Å². The summed E-state index contributed by atoms with van der Waals surface area (Å²) in [5.41, 5.74) is 2.67. The summed E-state index contributed by atoms with van der Waals surface area (Å²) in [5.74, 6) is 0.102. The van der Waals surface area contributed by atoms with Gasteiger partial charge in [-0.05, 0) is 61.9 Å². The molecule has 5 nitrogen and oxygen atoms in total. The monoisotopic (exact) mass is 409 g/mol. The molecule has 0 unspecified atom stereocenters. The minimum atomic E-state index is -3.90. The van der Waals surface area contributed by atoms with E-state index in [-0.39, 0.29) is 23.0 Å². The smallest absolute Gasteiger partial charge is 0.339 e. The zero-order valence-corrected chi connectivity index (χ0v) is 17.0. The average Bonchev–Trinajstić information content (AvgIpc) is 2.72. The van der Waals surface area contributed by atoms with Crippen LogP contribution in [0.3, 0.4) is 0 Å². The first-order chi connectivity index (χ1) is 13.9. The van der Waals surface area contributed by atoms with Crippen LogP contribution in [0, 0.1) is 6.92 Å². The van der Waals surface area contributed by atoms with E-state index in [1.807, 2.05) is 37.3 Å². The fourth-order valence-corrected chi connectivity index (χ4v) is 3.69. The summed E-state index contributed by atoms with van der Waals surface area (Å²) in [6.45, 7) is 2.80. The van der Waals surface area contributed by atoms with Gasteiger partial charge in [0, 0.05) is 5.56 Å². The predicted octanol–water partition coefficient (Wildman–Crippen LogP) is 3.78. The number of nitrogens with one attached hydrogen (secondary N) is 1. The van der Waals surface area contributed by atoms with Crippen molar-refractivity contribution < 1.29 is 17.4 Å². The van der Waals surface area contributed by atoms with Crippen molar-refractivity contribution >= 4 is 15.9 Å². The van der Waals surface area contributed by atoms with Gasteiger partial charge in [-0.1, -0.05) is 48.0 Å². The Morgan fingerprint density at radius 1 is 0.897 bits per heavy atom. The Morgan fingerprint density at radius 3 is 2.21 bits per heavy atom. The van der Waals surface area contributed by atoms with Gasteiger partial charge in [-0.15, -0.1) is 0 Å². The molecule has 1 N–H and O–H groups in total. The minimum absolute atomic E-state index is 0.0639. The topological polar surface area (TPSA) is 72.5 Å². The number of hydrogen-bond acceptors (Lipinski definition) is 5. The van der Waals surface area contributed by atoms with Crippen molar-refractivity contribution in [1.29, 1.82) is 0 Å². The van der Waals surface area contributed by atoms with Crippen molar-refractivity contribution in [2.75, 3.05) is 13.1 Å². The Hall–Kier alpha value is -2.96. The lowest BCUT2D eigenvalue weighted by Gasteiger charge is -2.08. The Bertz CT molecular complexity index is 1040. The molecule has 3 aromatic carbocycles. The van der Waals surface area contributed by atoms with Crippen LogP contribution in [-0.4, -0.2) is 27.3 Å². The molecular formula is C23H23NO4S. The summed E-state index contributed by atoms with van der Waals surface area (Å²) in [5, 5.41) is 3.13. The third-order valence-electron chi connectivity index (χ3n) is 4.41. The molecule has 0 bridgehead atoms. The highest BCUT2D eigenvalue weighted by atomic mass is 32.2. The number of ketones is 1. The van der Waals surface area contributed by atoms with Gasteiger partial charge in [0.15, 0.2) is 5.78 Å². The molecule has 0 radical (unpaired) electrons. The molecule has 0 aliphatic heterocycles. The van der Waals surface area contributed by atoms with Crippen LogP contribution in [0.15, 0.2) is 83.8 Å². The van der Waals surface area contributed by atoms with Crippen molar-refractivity contribution in [1.82, 2.24) is 5.32 Å². The highest BCUT2D eigenvalue weighted by molar-refractivity contribution is 7.87. The van der Waals surface area contributed by atoms with Crippen molar-refractivity contribution in [2.45, 2.75) is 18.2 Å². The van der Waals surface area contributed by atoms with E-state index in [0.717, 1.165) is 12.0 Å². The zero-order chi connectivity index (χ0) is 20.7. The highest BCUT2D eigenvalue weighted by Crippen LogP contribution is 2.19. The van der Waals surface area contributed by atoms with Crippen LogP contribution in [0.1, 0.15) is 21.5 Å². The number of Topliss-reactive ketones (excluding diaryl/α,β-unsaturated/α-hetero) is 1. The van der Waals surface area contributed by atoms with Gasteiger partial charge in [-0.2, -0.15) is 8.42 Å². The molecule has 0 fully saturated rings. The number of rotatable bonds is 9. The van der Waals surface area contributed by atoms with Crippen LogP contribution in [0.2, 0.25) is 0 Å². The number of aryl methyl sites for hydroxylation is 1. The molecule has 0 spiro atoms. The molecule has 0 saturated heterocycles. The number of benzene rings is 3. The molecule has 0 aliphatic carbocycles. The Balaban J connectivity index is 1.52. The summed E-state index contributed by atoms with van der Waals surface area (Å²) in [4.78, 5) is 12.4. The average molecular weight is 410 g/mol.